The van der Waals surface area contributed by atoms with Crippen LogP contribution in [0.15, 0.2) is 48.6 Å². The van der Waals surface area contributed by atoms with Gasteiger partial charge in [0.25, 0.3) is 0 Å². The van der Waals surface area contributed by atoms with E-state index in [0.29, 0.717) is 25.7 Å². The molecule has 6 nitrogen and oxygen atoms in total. The molecule has 48 heavy (non-hydrogen) atoms. The second kappa shape index (κ2) is 36.1. The Labute approximate surface area is 295 Å². The standard InChI is InChI=1S/C42H74O6/c1-4-5-6-7-8-14-18-22-27-32-39(43)33-28-23-20-25-30-35-42(46)48-37-40(44)36-47-41(45)34-29-24-19-16-13-11-9-10-12-15-17-21-26-31-38(2)3/h8,14,20,22-23,27-28,33,38-40,43-44H,4-7,9-13,15-19,21,24-26,29-32,34-37H2,1-3H3/b14-8-,23-20+,27-22-,33-28-/t39?,40-/m1/s1. The lowest BCUT2D eigenvalue weighted by Gasteiger charge is -2.12. The van der Waals surface area contributed by atoms with Crippen molar-refractivity contribution in [2.45, 2.75) is 187 Å². The molecule has 0 radical (unpaired) electrons. The lowest BCUT2D eigenvalue weighted by molar-refractivity contribution is -0.152. The minimum atomic E-state index is -1.01. The van der Waals surface area contributed by atoms with Crippen LogP contribution in [-0.4, -0.2) is 47.6 Å². The van der Waals surface area contributed by atoms with Gasteiger partial charge < -0.3 is 19.7 Å². The molecule has 0 aromatic heterocycles. The molecule has 0 bridgehead atoms. The normalized spacial score (nSPS) is 13.5. The quantitative estimate of drug-likeness (QED) is 0.0305. The number of unbranched alkanes of at least 4 members (excludes halogenated alkanes) is 16. The zero-order valence-electron chi connectivity index (χ0n) is 31.3. The molecule has 0 fully saturated rings. The highest BCUT2D eigenvalue weighted by Gasteiger charge is 2.12. The molecule has 0 saturated carbocycles. The third kappa shape index (κ3) is 36.7. The van der Waals surface area contributed by atoms with Crippen molar-refractivity contribution >= 4 is 11.9 Å². The monoisotopic (exact) mass is 675 g/mol. The van der Waals surface area contributed by atoms with Crippen molar-refractivity contribution in [3.63, 3.8) is 0 Å². The molecule has 2 atom stereocenters. The number of hydrogen-bond donors (Lipinski definition) is 2. The van der Waals surface area contributed by atoms with Crippen LogP contribution in [0.2, 0.25) is 0 Å². The summed E-state index contributed by atoms with van der Waals surface area (Å²) >= 11 is 0. The van der Waals surface area contributed by atoms with E-state index in [2.05, 4.69) is 39.0 Å². The Morgan fingerprint density at radius 1 is 0.583 bits per heavy atom. The first-order valence-electron chi connectivity index (χ1n) is 19.7. The van der Waals surface area contributed by atoms with E-state index in [1.165, 1.54) is 89.9 Å². The minimum absolute atomic E-state index is 0.156. The molecule has 6 heteroatoms. The number of aliphatic hydroxyl groups excluding tert-OH is 2. The highest BCUT2D eigenvalue weighted by molar-refractivity contribution is 5.69. The van der Waals surface area contributed by atoms with Gasteiger partial charge in [-0.25, -0.2) is 0 Å². The average molecular weight is 675 g/mol. The van der Waals surface area contributed by atoms with Gasteiger partial charge in [-0.2, -0.15) is 0 Å². The minimum Gasteiger partial charge on any atom is -0.463 e. The summed E-state index contributed by atoms with van der Waals surface area (Å²) in [7, 11) is 0. The molecule has 0 saturated heterocycles. The summed E-state index contributed by atoms with van der Waals surface area (Å²) in [6, 6.07) is 0. The molecule has 0 spiro atoms. The average Bonchev–Trinajstić information content (AvgIpc) is 3.06. The third-order valence-electron chi connectivity index (χ3n) is 8.33. The predicted octanol–water partition coefficient (Wildman–Crippen LogP) is 11.1. The van der Waals surface area contributed by atoms with Crippen LogP contribution in [0, 0.1) is 5.92 Å². The zero-order chi connectivity index (χ0) is 35.3. The largest absolute Gasteiger partial charge is 0.463 e. The fourth-order valence-electron chi connectivity index (χ4n) is 5.28. The molecule has 0 amide bonds. The first-order chi connectivity index (χ1) is 23.3. The molecule has 1 unspecified atom stereocenters. The molecular formula is C42H74O6. The summed E-state index contributed by atoms with van der Waals surface area (Å²) < 4.78 is 10.3. The van der Waals surface area contributed by atoms with Crippen LogP contribution in [-0.2, 0) is 19.1 Å². The molecule has 0 aromatic carbocycles. The van der Waals surface area contributed by atoms with Gasteiger partial charge in [0.15, 0.2) is 0 Å². The van der Waals surface area contributed by atoms with Crippen LogP contribution in [0.4, 0.5) is 0 Å². The maximum Gasteiger partial charge on any atom is 0.305 e. The summed E-state index contributed by atoms with van der Waals surface area (Å²) in [5, 5.41) is 20.0. The Balaban J connectivity index is 3.61. The van der Waals surface area contributed by atoms with Crippen molar-refractivity contribution < 1.29 is 29.3 Å². The summed E-state index contributed by atoms with van der Waals surface area (Å²) in [6.07, 6.45) is 40.5. The second-order valence-electron chi connectivity index (χ2n) is 13.7. The van der Waals surface area contributed by atoms with Gasteiger partial charge in [0.2, 0.25) is 0 Å². The van der Waals surface area contributed by atoms with Crippen molar-refractivity contribution in [3.8, 4) is 0 Å². The third-order valence-corrected chi connectivity index (χ3v) is 8.33. The van der Waals surface area contributed by atoms with Gasteiger partial charge in [-0.3, -0.25) is 9.59 Å². The van der Waals surface area contributed by atoms with Crippen molar-refractivity contribution in [1.82, 2.24) is 0 Å². The fourth-order valence-corrected chi connectivity index (χ4v) is 5.28. The maximum absolute atomic E-state index is 12.0. The molecular weight excluding hydrogens is 600 g/mol. The van der Waals surface area contributed by atoms with E-state index in [-0.39, 0.29) is 31.6 Å². The van der Waals surface area contributed by atoms with Crippen LogP contribution in [0.3, 0.4) is 0 Å². The maximum atomic E-state index is 12.0. The summed E-state index contributed by atoms with van der Waals surface area (Å²) in [5.74, 6) is 0.149. The molecule has 2 N–H and O–H groups in total. The lowest BCUT2D eigenvalue weighted by atomic mass is 10.0. The van der Waals surface area contributed by atoms with Gasteiger partial charge in [0.05, 0.1) is 6.10 Å². The first-order valence-corrected chi connectivity index (χ1v) is 19.7. The lowest BCUT2D eigenvalue weighted by Crippen LogP contribution is -2.25. The molecule has 0 aliphatic rings. The second-order valence-corrected chi connectivity index (χ2v) is 13.7. The molecule has 0 heterocycles. The Morgan fingerprint density at radius 2 is 1.10 bits per heavy atom. The van der Waals surface area contributed by atoms with Crippen molar-refractivity contribution in [1.29, 1.82) is 0 Å². The highest BCUT2D eigenvalue weighted by atomic mass is 16.6. The summed E-state index contributed by atoms with van der Waals surface area (Å²) in [5.41, 5.74) is 0. The number of carbonyl (C=O) groups is 2. The number of aliphatic hydroxyl groups is 2. The van der Waals surface area contributed by atoms with Crippen molar-refractivity contribution in [2.24, 2.45) is 5.92 Å². The number of carbonyl (C=O) groups excluding carboxylic acids is 2. The number of allylic oxidation sites excluding steroid dienone is 6. The number of ether oxygens (including phenoxy) is 2. The SMILES string of the molecule is CCCCC/C=C\C/C=C\CC(O)/C=C\C=C\CCCC(=O)OC[C@H](O)COC(=O)CCCCCCCCCCCCCCCC(C)C. The van der Waals surface area contributed by atoms with Crippen LogP contribution in [0.25, 0.3) is 0 Å². The predicted molar refractivity (Wildman–Crippen MR) is 202 cm³/mol. The van der Waals surface area contributed by atoms with Gasteiger partial charge in [-0.05, 0) is 50.9 Å². The van der Waals surface area contributed by atoms with Gasteiger partial charge in [0.1, 0.15) is 19.3 Å². The van der Waals surface area contributed by atoms with E-state index in [1.807, 2.05) is 24.3 Å². The number of rotatable bonds is 34. The molecule has 0 rings (SSSR count). The first kappa shape index (κ1) is 45.8. The fraction of sp³-hybridized carbons (Fsp3) is 0.762. The smallest absolute Gasteiger partial charge is 0.305 e. The van der Waals surface area contributed by atoms with E-state index >= 15 is 0 Å². The molecule has 0 aliphatic heterocycles. The van der Waals surface area contributed by atoms with Gasteiger partial charge in [-0.1, -0.05) is 166 Å². The van der Waals surface area contributed by atoms with E-state index < -0.39 is 12.2 Å². The number of hydrogen-bond acceptors (Lipinski definition) is 6. The van der Waals surface area contributed by atoms with E-state index in [0.717, 1.165) is 38.0 Å². The van der Waals surface area contributed by atoms with E-state index in [4.69, 9.17) is 9.47 Å². The summed E-state index contributed by atoms with van der Waals surface area (Å²) in [4.78, 5) is 23.9. The van der Waals surface area contributed by atoms with Crippen LogP contribution in [0.1, 0.15) is 175 Å². The van der Waals surface area contributed by atoms with E-state index in [1.54, 1.807) is 6.08 Å². The molecule has 0 aliphatic carbocycles. The Hall–Kier alpha value is -2.18. The van der Waals surface area contributed by atoms with Crippen molar-refractivity contribution in [2.75, 3.05) is 13.2 Å². The number of esters is 2. The van der Waals surface area contributed by atoms with Crippen molar-refractivity contribution in [3.05, 3.63) is 48.6 Å². The van der Waals surface area contributed by atoms with Crippen LogP contribution >= 0.6 is 0 Å². The van der Waals surface area contributed by atoms with Crippen LogP contribution in [0.5, 0.6) is 0 Å². The highest BCUT2D eigenvalue weighted by Crippen LogP contribution is 2.15. The van der Waals surface area contributed by atoms with Gasteiger partial charge >= 0.3 is 11.9 Å². The Bertz CT molecular complexity index is 843. The van der Waals surface area contributed by atoms with E-state index in [9.17, 15) is 19.8 Å². The van der Waals surface area contributed by atoms with Crippen LogP contribution < -0.4 is 0 Å². The Kier molecular flexibility index (Phi) is 34.5. The Morgan fingerprint density at radius 3 is 1.69 bits per heavy atom. The molecule has 278 valence electrons. The van der Waals surface area contributed by atoms with Gasteiger partial charge in [-0.15, -0.1) is 0 Å². The molecule has 0 aromatic rings. The summed E-state index contributed by atoms with van der Waals surface area (Å²) in [6.45, 7) is 6.49. The zero-order valence-corrected chi connectivity index (χ0v) is 31.3. The topological polar surface area (TPSA) is 93.1 Å². The van der Waals surface area contributed by atoms with Gasteiger partial charge in [0, 0.05) is 12.8 Å².